The van der Waals surface area contributed by atoms with E-state index < -0.39 is 5.82 Å². The second-order valence-electron chi connectivity index (χ2n) is 4.83. The number of phenolic OH excluding ortho intramolecular Hbond substituents is 1. The van der Waals surface area contributed by atoms with Crippen LogP contribution in [0.5, 0.6) is 5.75 Å². The third-order valence-electron chi connectivity index (χ3n) is 2.29. The van der Waals surface area contributed by atoms with Crippen molar-refractivity contribution in [3.8, 4) is 17.2 Å². The zero-order valence-corrected chi connectivity index (χ0v) is 9.86. The first-order valence-electron chi connectivity index (χ1n) is 5.21. The molecule has 0 spiro atoms. The van der Waals surface area contributed by atoms with Crippen LogP contribution in [0.1, 0.15) is 26.6 Å². The average molecular weight is 236 g/mol. The molecule has 0 bridgehead atoms. The minimum Gasteiger partial charge on any atom is -0.507 e. The van der Waals surface area contributed by atoms with Crippen molar-refractivity contribution in [1.29, 1.82) is 0 Å². The van der Waals surface area contributed by atoms with Gasteiger partial charge in [-0.15, -0.1) is 0 Å². The molecule has 1 aromatic carbocycles. The van der Waals surface area contributed by atoms with E-state index in [2.05, 4.69) is 10.1 Å². The zero-order valence-electron chi connectivity index (χ0n) is 9.86. The van der Waals surface area contributed by atoms with Crippen LogP contribution in [0.25, 0.3) is 11.5 Å². The molecule has 1 N–H and O–H groups in total. The second-order valence-corrected chi connectivity index (χ2v) is 4.83. The van der Waals surface area contributed by atoms with Gasteiger partial charge in [0.05, 0.1) is 5.56 Å². The molecule has 90 valence electrons. The molecule has 0 aliphatic carbocycles. The third kappa shape index (κ3) is 2.27. The molecule has 0 atom stereocenters. The Labute approximate surface area is 98.1 Å². The highest BCUT2D eigenvalue weighted by atomic mass is 19.1. The van der Waals surface area contributed by atoms with E-state index in [9.17, 15) is 9.50 Å². The van der Waals surface area contributed by atoms with Crippen LogP contribution in [0.3, 0.4) is 0 Å². The Morgan fingerprint density at radius 1 is 1.29 bits per heavy atom. The first-order valence-corrected chi connectivity index (χ1v) is 5.21. The summed E-state index contributed by atoms with van der Waals surface area (Å²) in [6.07, 6.45) is 0. The van der Waals surface area contributed by atoms with Gasteiger partial charge in [0.15, 0.2) is 5.82 Å². The summed E-state index contributed by atoms with van der Waals surface area (Å²) in [7, 11) is 0. The molecule has 0 fully saturated rings. The number of aromatic nitrogens is 2. The number of aromatic hydroxyl groups is 1. The molecule has 0 unspecified atom stereocenters. The fraction of sp³-hybridized carbons (Fsp3) is 0.333. The summed E-state index contributed by atoms with van der Waals surface area (Å²) in [6, 6.07) is 3.65. The lowest BCUT2D eigenvalue weighted by Gasteiger charge is -2.10. The molecule has 0 saturated heterocycles. The van der Waals surface area contributed by atoms with E-state index >= 15 is 0 Å². The molecule has 17 heavy (non-hydrogen) atoms. The third-order valence-corrected chi connectivity index (χ3v) is 2.29. The van der Waals surface area contributed by atoms with E-state index in [0.29, 0.717) is 11.4 Å². The second kappa shape index (κ2) is 3.84. The van der Waals surface area contributed by atoms with Gasteiger partial charge < -0.3 is 9.63 Å². The van der Waals surface area contributed by atoms with Gasteiger partial charge in [0.2, 0.25) is 0 Å². The molecule has 2 aromatic rings. The monoisotopic (exact) mass is 236 g/mol. The van der Waals surface area contributed by atoms with Crippen LogP contribution < -0.4 is 0 Å². The fourth-order valence-electron chi connectivity index (χ4n) is 1.32. The lowest BCUT2D eigenvalue weighted by atomic mass is 9.96. The van der Waals surface area contributed by atoms with E-state index in [0.717, 1.165) is 6.07 Å². The maximum absolute atomic E-state index is 12.8. The molecule has 0 aliphatic rings. The van der Waals surface area contributed by atoms with E-state index in [1.165, 1.54) is 12.1 Å². The van der Waals surface area contributed by atoms with Gasteiger partial charge >= 0.3 is 0 Å². The summed E-state index contributed by atoms with van der Waals surface area (Å²) in [4.78, 5) is 4.18. The predicted octanol–water partition coefficient (Wildman–Crippen LogP) is 2.88. The number of nitrogens with zero attached hydrogens (tertiary/aromatic N) is 2. The predicted molar refractivity (Wildman–Crippen MR) is 60.1 cm³/mol. The summed E-state index contributed by atoms with van der Waals surface area (Å²) in [5.41, 5.74) is 0.0895. The summed E-state index contributed by atoms with van der Waals surface area (Å²) >= 11 is 0. The van der Waals surface area contributed by atoms with Crippen molar-refractivity contribution >= 4 is 0 Å². The van der Waals surface area contributed by atoms with E-state index in [1.807, 2.05) is 20.8 Å². The number of hydrogen-bond donors (Lipinski definition) is 1. The SMILES string of the molecule is CC(C)(C)c1noc(-c2ccc(F)cc2O)n1. The minimum atomic E-state index is -0.512. The first kappa shape index (κ1) is 11.6. The quantitative estimate of drug-likeness (QED) is 0.827. The molecule has 5 heteroatoms. The minimum absolute atomic E-state index is 0.187. The van der Waals surface area contributed by atoms with E-state index in [4.69, 9.17) is 4.52 Å². The van der Waals surface area contributed by atoms with E-state index in [-0.39, 0.29) is 17.1 Å². The van der Waals surface area contributed by atoms with Gasteiger partial charge in [-0.25, -0.2) is 4.39 Å². The molecule has 0 amide bonds. The highest BCUT2D eigenvalue weighted by molar-refractivity contribution is 5.61. The highest BCUT2D eigenvalue weighted by Crippen LogP contribution is 2.30. The summed E-state index contributed by atoms with van der Waals surface area (Å²) in [5, 5.41) is 13.4. The Kier molecular flexibility index (Phi) is 2.61. The van der Waals surface area contributed by atoms with Gasteiger partial charge in [0.1, 0.15) is 11.6 Å². The smallest absolute Gasteiger partial charge is 0.261 e. The Morgan fingerprint density at radius 3 is 2.53 bits per heavy atom. The van der Waals surface area contributed by atoms with Gasteiger partial charge in [-0.2, -0.15) is 4.98 Å². The normalized spacial score (nSPS) is 11.8. The Bertz CT molecular complexity index is 544. The first-order chi connectivity index (χ1) is 7.88. The summed E-state index contributed by atoms with van der Waals surface area (Å²) in [5.74, 6) is -0.000399. The Hall–Kier alpha value is -1.91. The van der Waals surface area contributed by atoms with Crippen LogP contribution >= 0.6 is 0 Å². The lowest BCUT2D eigenvalue weighted by molar-refractivity contribution is 0.399. The van der Waals surface area contributed by atoms with Crippen LogP contribution in [0.2, 0.25) is 0 Å². The van der Waals surface area contributed by atoms with Gasteiger partial charge in [-0.3, -0.25) is 0 Å². The van der Waals surface area contributed by atoms with Crippen molar-refractivity contribution in [1.82, 2.24) is 10.1 Å². The van der Waals surface area contributed by atoms with Crippen LogP contribution in [0, 0.1) is 5.82 Å². The molecule has 2 rings (SSSR count). The Balaban J connectivity index is 2.44. The molecule has 0 aliphatic heterocycles. The van der Waals surface area contributed by atoms with Crippen molar-refractivity contribution in [2.24, 2.45) is 0 Å². The van der Waals surface area contributed by atoms with E-state index in [1.54, 1.807) is 0 Å². The van der Waals surface area contributed by atoms with Crippen LogP contribution in [-0.2, 0) is 5.41 Å². The van der Waals surface area contributed by atoms with Crippen molar-refractivity contribution in [2.75, 3.05) is 0 Å². The maximum atomic E-state index is 12.8. The van der Waals surface area contributed by atoms with Gasteiger partial charge in [-0.05, 0) is 12.1 Å². The number of phenols is 1. The summed E-state index contributed by atoms with van der Waals surface area (Å²) < 4.78 is 17.9. The van der Waals surface area contributed by atoms with Crippen molar-refractivity contribution < 1.29 is 14.0 Å². The zero-order chi connectivity index (χ0) is 12.6. The Morgan fingerprint density at radius 2 is 2.00 bits per heavy atom. The van der Waals surface area contributed by atoms with Crippen LogP contribution in [-0.4, -0.2) is 15.2 Å². The lowest BCUT2D eigenvalue weighted by Crippen LogP contribution is -2.13. The van der Waals surface area contributed by atoms with Gasteiger partial charge in [0, 0.05) is 11.5 Å². The molecule has 1 heterocycles. The number of benzene rings is 1. The van der Waals surface area contributed by atoms with Crippen molar-refractivity contribution in [2.45, 2.75) is 26.2 Å². The van der Waals surface area contributed by atoms with Gasteiger partial charge in [-0.1, -0.05) is 25.9 Å². The van der Waals surface area contributed by atoms with Gasteiger partial charge in [0.25, 0.3) is 5.89 Å². The van der Waals surface area contributed by atoms with Crippen LogP contribution in [0.4, 0.5) is 4.39 Å². The number of hydrogen-bond acceptors (Lipinski definition) is 4. The standard InChI is InChI=1S/C12H13FN2O2/c1-12(2,3)11-14-10(17-15-11)8-5-4-7(13)6-9(8)16/h4-6,16H,1-3H3. The topological polar surface area (TPSA) is 59.2 Å². The maximum Gasteiger partial charge on any atom is 0.261 e. The molecule has 1 aromatic heterocycles. The molecule has 0 radical (unpaired) electrons. The fourth-order valence-corrected chi connectivity index (χ4v) is 1.32. The van der Waals surface area contributed by atoms with Crippen molar-refractivity contribution in [3.63, 3.8) is 0 Å². The summed E-state index contributed by atoms with van der Waals surface area (Å²) in [6.45, 7) is 5.85. The largest absolute Gasteiger partial charge is 0.507 e. The van der Waals surface area contributed by atoms with Crippen molar-refractivity contribution in [3.05, 3.63) is 29.8 Å². The molecular weight excluding hydrogens is 223 g/mol. The number of rotatable bonds is 1. The number of halogens is 1. The molecular formula is C12H13FN2O2. The molecule has 0 saturated carbocycles. The highest BCUT2D eigenvalue weighted by Gasteiger charge is 2.22. The van der Waals surface area contributed by atoms with Crippen LogP contribution in [0.15, 0.2) is 22.7 Å². The average Bonchev–Trinajstić information content (AvgIpc) is 2.65. The molecule has 4 nitrogen and oxygen atoms in total.